The molecular formula is C15H18N4O2. The lowest BCUT2D eigenvalue weighted by atomic mass is 10.2. The van der Waals surface area contributed by atoms with Gasteiger partial charge in [0.05, 0.1) is 10.9 Å². The number of nitrogens with one attached hydrogen (secondary N) is 1. The molecule has 110 valence electrons. The van der Waals surface area contributed by atoms with E-state index in [-0.39, 0.29) is 11.5 Å². The van der Waals surface area contributed by atoms with Gasteiger partial charge >= 0.3 is 0 Å². The van der Waals surface area contributed by atoms with Gasteiger partial charge in [0.1, 0.15) is 0 Å². The summed E-state index contributed by atoms with van der Waals surface area (Å²) in [5.41, 5.74) is 0.542. The molecule has 0 bridgehead atoms. The molecule has 1 N–H and O–H groups in total. The number of H-pyrrole nitrogens is 1. The topological polar surface area (TPSA) is 69.3 Å². The first-order valence-electron chi connectivity index (χ1n) is 7.13. The lowest BCUT2D eigenvalue weighted by Crippen LogP contribution is -2.35. The number of aromatic amines is 1. The molecular weight excluding hydrogens is 268 g/mol. The lowest BCUT2D eigenvalue weighted by Gasteiger charge is -2.22. The van der Waals surface area contributed by atoms with Crippen LogP contribution in [0, 0.1) is 0 Å². The number of hydrogen-bond acceptors (Lipinski definition) is 4. The summed E-state index contributed by atoms with van der Waals surface area (Å²) < 4.78 is 0. The molecule has 6 nitrogen and oxygen atoms in total. The van der Waals surface area contributed by atoms with Crippen LogP contribution in [0.25, 0.3) is 10.9 Å². The molecule has 3 rings (SSSR count). The zero-order chi connectivity index (χ0) is 14.8. The van der Waals surface area contributed by atoms with E-state index < -0.39 is 0 Å². The Balaban J connectivity index is 1.76. The second-order valence-corrected chi connectivity index (χ2v) is 5.31. The van der Waals surface area contributed by atoms with E-state index >= 15 is 0 Å². The molecule has 0 saturated carbocycles. The van der Waals surface area contributed by atoms with Gasteiger partial charge in [-0.1, -0.05) is 12.1 Å². The van der Waals surface area contributed by atoms with Gasteiger partial charge in [-0.25, -0.2) is 4.98 Å². The smallest absolute Gasteiger partial charge is 0.260 e. The number of aromatic nitrogens is 2. The fourth-order valence-electron chi connectivity index (χ4n) is 2.57. The highest BCUT2D eigenvalue weighted by Gasteiger charge is 2.20. The number of likely N-dealkylation sites (tertiary alicyclic amines) is 1. The van der Waals surface area contributed by atoms with Crippen LogP contribution in [0.5, 0.6) is 0 Å². The molecule has 1 aromatic heterocycles. The summed E-state index contributed by atoms with van der Waals surface area (Å²) in [7, 11) is 1.87. The van der Waals surface area contributed by atoms with Crippen LogP contribution >= 0.6 is 0 Å². The van der Waals surface area contributed by atoms with Gasteiger partial charge in [0.25, 0.3) is 5.56 Å². The van der Waals surface area contributed by atoms with E-state index in [9.17, 15) is 9.59 Å². The van der Waals surface area contributed by atoms with Crippen molar-refractivity contribution in [3.63, 3.8) is 0 Å². The molecule has 2 heterocycles. The van der Waals surface area contributed by atoms with Gasteiger partial charge in [0.2, 0.25) is 11.9 Å². The van der Waals surface area contributed by atoms with Crippen molar-refractivity contribution in [2.75, 3.05) is 31.6 Å². The van der Waals surface area contributed by atoms with Gasteiger partial charge in [-0.15, -0.1) is 0 Å². The molecule has 0 aliphatic carbocycles. The van der Waals surface area contributed by atoms with E-state index in [2.05, 4.69) is 9.97 Å². The molecule has 6 heteroatoms. The van der Waals surface area contributed by atoms with Gasteiger partial charge in [0.15, 0.2) is 0 Å². The highest BCUT2D eigenvalue weighted by molar-refractivity contribution is 5.79. The van der Waals surface area contributed by atoms with Crippen molar-refractivity contribution < 1.29 is 4.79 Å². The van der Waals surface area contributed by atoms with E-state index in [1.54, 1.807) is 6.07 Å². The molecule has 1 aliphatic heterocycles. The molecule has 0 radical (unpaired) electrons. The number of nitrogens with zero attached hydrogens (tertiary/aromatic N) is 3. The van der Waals surface area contributed by atoms with Crippen LogP contribution in [0.3, 0.4) is 0 Å². The fourth-order valence-corrected chi connectivity index (χ4v) is 2.57. The van der Waals surface area contributed by atoms with E-state index in [0.29, 0.717) is 36.4 Å². The Morgan fingerprint density at radius 2 is 2.14 bits per heavy atom. The standard InChI is InChI=1S/C15H18N4O2/c1-18(9-10-19-8-4-7-13(19)20)15-16-12-6-3-2-5-11(12)14(21)17-15/h2-3,5-6H,4,7-10H2,1H3,(H,16,17,21). The normalized spacial score (nSPS) is 14.9. The number of amides is 1. The quantitative estimate of drug-likeness (QED) is 0.909. The van der Waals surface area contributed by atoms with Gasteiger partial charge in [-0.3, -0.25) is 14.6 Å². The van der Waals surface area contributed by atoms with Crippen molar-refractivity contribution in [1.29, 1.82) is 0 Å². The predicted molar refractivity (Wildman–Crippen MR) is 81.4 cm³/mol. The van der Waals surface area contributed by atoms with Crippen LogP contribution in [0.4, 0.5) is 5.95 Å². The summed E-state index contributed by atoms with van der Waals surface area (Å²) >= 11 is 0. The van der Waals surface area contributed by atoms with Gasteiger partial charge in [-0.05, 0) is 18.6 Å². The first kappa shape index (κ1) is 13.6. The van der Waals surface area contributed by atoms with Crippen LogP contribution in [-0.2, 0) is 4.79 Å². The van der Waals surface area contributed by atoms with Crippen molar-refractivity contribution >= 4 is 22.8 Å². The third kappa shape index (κ3) is 2.74. The van der Waals surface area contributed by atoms with E-state index in [1.807, 2.05) is 35.0 Å². The third-order valence-corrected chi connectivity index (χ3v) is 3.84. The number of fused-ring (bicyclic) bond motifs is 1. The largest absolute Gasteiger partial charge is 0.344 e. The molecule has 21 heavy (non-hydrogen) atoms. The van der Waals surface area contributed by atoms with Crippen molar-refractivity contribution in [3.05, 3.63) is 34.6 Å². The Hall–Kier alpha value is -2.37. The number of rotatable bonds is 4. The number of carbonyl (C=O) groups excluding carboxylic acids is 1. The molecule has 1 fully saturated rings. The fraction of sp³-hybridized carbons (Fsp3) is 0.400. The Labute approximate surface area is 122 Å². The highest BCUT2D eigenvalue weighted by Crippen LogP contribution is 2.12. The second-order valence-electron chi connectivity index (χ2n) is 5.31. The number of hydrogen-bond donors (Lipinski definition) is 1. The second kappa shape index (κ2) is 5.55. The van der Waals surface area contributed by atoms with Gasteiger partial charge < -0.3 is 9.80 Å². The Kier molecular flexibility index (Phi) is 3.60. The monoisotopic (exact) mass is 286 g/mol. The summed E-state index contributed by atoms with van der Waals surface area (Å²) in [6, 6.07) is 7.27. The summed E-state index contributed by atoms with van der Waals surface area (Å²) in [4.78, 5) is 34.6. The van der Waals surface area contributed by atoms with Crippen LogP contribution < -0.4 is 10.5 Å². The maximum atomic E-state index is 12.0. The summed E-state index contributed by atoms with van der Waals surface area (Å²) in [6.07, 6.45) is 1.59. The molecule has 0 atom stereocenters. The number of benzene rings is 1. The van der Waals surface area contributed by atoms with Gasteiger partial charge in [-0.2, -0.15) is 0 Å². The summed E-state index contributed by atoms with van der Waals surface area (Å²) in [5, 5.41) is 0.587. The lowest BCUT2D eigenvalue weighted by molar-refractivity contribution is -0.127. The zero-order valence-corrected chi connectivity index (χ0v) is 12.0. The maximum Gasteiger partial charge on any atom is 0.260 e. The first-order chi connectivity index (χ1) is 10.1. The van der Waals surface area contributed by atoms with Crippen LogP contribution in [0.15, 0.2) is 29.1 Å². The Morgan fingerprint density at radius 3 is 2.90 bits per heavy atom. The first-order valence-corrected chi connectivity index (χ1v) is 7.13. The van der Waals surface area contributed by atoms with Crippen LogP contribution in [0.2, 0.25) is 0 Å². The van der Waals surface area contributed by atoms with Gasteiger partial charge in [0, 0.05) is 33.1 Å². The molecule has 0 unspecified atom stereocenters. The maximum absolute atomic E-state index is 12.0. The van der Waals surface area contributed by atoms with E-state index in [0.717, 1.165) is 13.0 Å². The third-order valence-electron chi connectivity index (χ3n) is 3.84. The SMILES string of the molecule is CN(CCN1CCCC1=O)c1nc2ccccc2c(=O)[nH]1. The average molecular weight is 286 g/mol. The van der Waals surface area contributed by atoms with Crippen molar-refractivity contribution in [2.24, 2.45) is 0 Å². The van der Waals surface area contributed by atoms with E-state index in [4.69, 9.17) is 0 Å². The predicted octanol–water partition coefficient (Wildman–Crippen LogP) is 0.982. The molecule has 1 aliphatic rings. The van der Waals surface area contributed by atoms with Crippen LogP contribution in [0.1, 0.15) is 12.8 Å². The number of para-hydroxylation sites is 1. The van der Waals surface area contributed by atoms with Crippen molar-refractivity contribution in [2.45, 2.75) is 12.8 Å². The number of anilines is 1. The zero-order valence-electron chi connectivity index (χ0n) is 12.0. The highest BCUT2D eigenvalue weighted by atomic mass is 16.2. The van der Waals surface area contributed by atoms with E-state index in [1.165, 1.54) is 0 Å². The Morgan fingerprint density at radius 1 is 1.33 bits per heavy atom. The minimum Gasteiger partial charge on any atom is -0.344 e. The average Bonchev–Trinajstić information content (AvgIpc) is 2.90. The number of likely N-dealkylation sites (N-methyl/N-ethyl adjacent to an activating group) is 1. The molecule has 1 saturated heterocycles. The van der Waals surface area contributed by atoms with Crippen molar-refractivity contribution in [1.82, 2.24) is 14.9 Å². The Bertz CT molecular complexity index is 725. The minimum atomic E-state index is -0.139. The van der Waals surface area contributed by atoms with Crippen molar-refractivity contribution in [3.8, 4) is 0 Å². The van der Waals surface area contributed by atoms with Crippen LogP contribution in [-0.4, -0.2) is 47.5 Å². The molecule has 0 spiro atoms. The molecule has 2 aromatic rings. The minimum absolute atomic E-state index is 0.139. The summed E-state index contributed by atoms with van der Waals surface area (Å²) in [6.45, 7) is 2.13. The molecule has 1 aromatic carbocycles. The number of carbonyl (C=O) groups is 1. The molecule has 1 amide bonds. The summed E-state index contributed by atoms with van der Waals surface area (Å²) in [5.74, 6) is 0.744.